The summed E-state index contributed by atoms with van der Waals surface area (Å²) in [5.41, 5.74) is 2.53. The average molecular weight is 438 g/mol. The van der Waals surface area contributed by atoms with Crippen molar-refractivity contribution in [2.24, 2.45) is 0 Å². The molecule has 6 nitrogen and oxygen atoms in total. The highest BCUT2D eigenvalue weighted by atomic mass is 19.1. The Hall–Kier alpha value is -3.48. The summed E-state index contributed by atoms with van der Waals surface area (Å²) in [5.74, 6) is -1.39. The van der Waals surface area contributed by atoms with Crippen LogP contribution < -0.4 is 5.69 Å². The number of nitrogens with zero attached hydrogens (tertiary/aromatic N) is 2. The quantitative estimate of drug-likeness (QED) is 0.514. The summed E-state index contributed by atoms with van der Waals surface area (Å²) >= 11 is 0. The fourth-order valence-corrected chi connectivity index (χ4v) is 3.93. The lowest BCUT2D eigenvalue weighted by Crippen LogP contribution is -2.30. The second-order valence-corrected chi connectivity index (χ2v) is 7.67. The van der Waals surface area contributed by atoms with Gasteiger partial charge in [0.05, 0.1) is 17.8 Å². The number of hydrogen-bond acceptors (Lipinski definition) is 3. The normalized spacial score (nSPS) is 11.0. The fourth-order valence-electron chi connectivity index (χ4n) is 3.93. The van der Waals surface area contributed by atoms with Gasteiger partial charge in [0.25, 0.3) is 0 Å². The summed E-state index contributed by atoms with van der Waals surface area (Å²) in [4.78, 5) is 37.0. The average Bonchev–Trinajstić information content (AvgIpc) is 3.05. The predicted octanol–water partition coefficient (Wildman–Crippen LogP) is 4.93. The Morgan fingerprint density at radius 3 is 2.25 bits per heavy atom. The van der Waals surface area contributed by atoms with Crippen LogP contribution in [0.3, 0.4) is 0 Å². The van der Waals surface area contributed by atoms with Gasteiger partial charge in [0.15, 0.2) is 0 Å². The molecule has 0 atom stereocenters. The largest absolute Gasteiger partial charge is 0.478 e. The molecule has 0 bridgehead atoms. The lowest BCUT2D eigenvalue weighted by molar-refractivity contribution is 0.0697. The Morgan fingerprint density at radius 1 is 0.969 bits per heavy atom. The standard InChI is InChI=1S/C25H27FN2O4/c1-3-7-21-22(15-26)28(23(29)8-4-2)25(32)27(21)16-17-11-13-18(14-12-17)19-9-5-6-10-20(19)24(30)31/h5-6,9-14H,3-4,7-8,15-16H2,1-2H3,(H,30,31). The number of carboxylic acid groups (broad SMARTS) is 1. The van der Waals surface area contributed by atoms with Gasteiger partial charge in [-0.1, -0.05) is 62.7 Å². The van der Waals surface area contributed by atoms with Crippen molar-refractivity contribution >= 4 is 11.9 Å². The van der Waals surface area contributed by atoms with E-state index in [2.05, 4.69) is 0 Å². The van der Waals surface area contributed by atoms with Gasteiger partial charge in [0, 0.05) is 12.1 Å². The minimum atomic E-state index is -1.00. The van der Waals surface area contributed by atoms with Gasteiger partial charge in [0.1, 0.15) is 6.67 Å². The van der Waals surface area contributed by atoms with Crippen molar-refractivity contribution in [3.05, 3.63) is 81.5 Å². The molecular weight excluding hydrogens is 411 g/mol. The van der Waals surface area contributed by atoms with Crippen molar-refractivity contribution in [3.63, 3.8) is 0 Å². The Labute approximate surface area is 185 Å². The second-order valence-electron chi connectivity index (χ2n) is 7.67. The highest BCUT2D eigenvalue weighted by Gasteiger charge is 2.23. The van der Waals surface area contributed by atoms with Crippen LogP contribution in [0.15, 0.2) is 53.3 Å². The highest BCUT2D eigenvalue weighted by molar-refractivity contribution is 5.96. The highest BCUT2D eigenvalue weighted by Crippen LogP contribution is 2.24. The van der Waals surface area contributed by atoms with Crippen molar-refractivity contribution in [2.75, 3.05) is 0 Å². The summed E-state index contributed by atoms with van der Waals surface area (Å²) in [5, 5.41) is 9.42. The number of alkyl halides is 1. The molecule has 1 aromatic heterocycles. The number of carbonyl (C=O) groups is 2. The fraction of sp³-hybridized carbons (Fsp3) is 0.320. The molecule has 0 amide bonds. The second kappa shape index (κ2) is 10.2. The third-order valence-electron chi connectivity index (χ3n) is 5.44. The number of aromatic nitrogens is 2. The zero-order chi connectivity index (χ0) is 23.3. The van der Waals surface area contributed by atoms with Gasteiger partial charge in [-0.2, -0.15) is 0 Å². The molecule has 7 heteroatoms. The molecule has 1 N–H and O–H groups in total. The molecule has 0 fully saturated rings. The Kier molecular flexibility index (Phi) is 7.41. The van der Waals surface area contributed by atoms with Crippen LogP contribution in [0.2, 0.25) is 0 Å². The van der Waals surface area contributed by atoms with Gasteiger partial charge in [-0.15, -0.1) is 0 Å². The number of carbonyl (C=O) groups excluding carboxylic acids is 1. The number of rotatable bonds is 9. The molecule has 0 aliphatic heterocycles. The molecule has 0 aliphatic carbocycles. The summed E-state index contributed by atoms with van der Waals surface area (Å²) in [6.45, 7) is 3.11. The Morgan fingerprint density at radius 2 is 1.66 bits per heavy atom. The van der Waals surface area contributed by atoms with Crippen molar-refractivity contribution in [2.45, 2.75) is 52.8 Å². The number of halogens is 1. The molecule has 0 aliphatic rings. The van der Waals surface area contributed by atoms with E-state index in [0.717, 1.165) is 15.7 Å². The molecule has 0 saturated carbocycles. The first-order valence-corrected chi connectivity index (χ1v) is 10.8. The van der Waals surface area contributed by atoms with E-state index in [0.29, 0.717) is 30.5 Å². The first kappa shape index (κ1) is 23.2. The smallest absolute Gasteiger partial charge is 0.336 e. The van der Waals surface area contributed by atoms with E-state index in [-0.39, 0.29) is 30.1 Å². The van der Waals surface area contributed by atoms with Crippen LogP contribution >= 0.6 is 0 Å². The summed E-state index contributed by atoms with van der Waals surface area (Å²) < 4.78 is 16.3. The number of aromatic carboxylic acids is 1. The minimum Gasteiger partial charge on any atom is -0.478 e. The molecule has 0 spiro atoms. The van der Waals surface area contributed by atoms with Crippen LogP contribution in [0.5, 0.6) is 0 Å². The van der Waals surface area contributed by atoms with E-state index in [9.17, 15) is 23.9 Å². The van der Waals surface area contributed by atoms with Gasteiger partial charge < -0.3 is 5.11 Å². The monoisotopic (exact) mass is 438 g/mol. The summed E-state index contributed by atoms with van der Waals surface area (Å²) in [7, 11) is 0. The molecule has 0 radical (unpaired) electrons. The minimum absolute atomic E-state index is 0.141. The third-order valence-corrected chi connectivity index (χ3v) is 5.44. The third kappa shape index (κ3) is 4.56. The summed E-state index contributed by atoms with van der Waals surface area (Å²) in [6, 6.07) is 14.0. The first-order valence-electron chi connectivity index (χ1n) is 10.8. The van der Waals surface area contributed by atoms with Crippen LogP contribution in [0.25, 0.3) is 11.1 Å². The van der Waals surface area contributed by atoms with Crippen molar-refractivity contribution in [3.8, 4) is 11.1 Å². The van der Waals surface area contributed by atoms with E-state index in [1.54, 1.807) is 36.4 Å². The lowest BCUT2D eigenvalue weighted by atomic mass is 9.99. The topological polar surface area (TPSA) is 81.3 Å². The molecule has 0 saturated heterocycles. The maximum absolute atomic E-state index is 13.9. The molecule has 0 unspecified atom stereocenters. The maximum Gasteiger partial charge on any atom is 0.336 e. The summed E-state index contributed by atoms with van der Waals surface area (Å²) in [6.07, 6.45) is 1.96. The molecule has 1 heterocycles. The zero-order valence-electron chi connectivity index (χ0n) is 18.3. The van der Waals surface area contributed by atoms with Crippen LogP contribution in [0.4, 0.5) is 4.39 Å². The van der Waals surface area contributed by atoms with Crippen molar-refractivity contribution < 1.29 is 19.1 Å². The predicted molar refractivity (Wildman–Crippen MR) is 121 cm³/mol. The lowest BCUT2D eigenvalue weighted by Gasteiger charge is -2.10. The number of imidazole rings is 1. The molecule has 32 heavy (non-hydrogen) atoms. The van der Waals surface area contributed by atoms with Gasteiger partial charge >= 0.3 is 11.7 Å². The van der Waals surface area contributed by atoms with Crippen LogP contribution in [0, 0.1) is 0 Å². The van der Waals surface area contributed by atoms with E-state index in [1.165, 1.54) is 4.57 Å². The SMILES string of the molecule is CCCC(=O)n1c(CF)c(CCC)n(Cc2ccc(-c3ccccc3C(=O)O)cc2)c1=O. The van der Waals surface area contributed by atoms with Gasteiger partial charge in [-0.25, -0.2) is 18.5 Å². The van der Waals surface area contributed by atoms with Crippen LogP contribution in [0.1, 0.15) is 65.2 Å². The number of hydrogen-bond donors (Lipinski definition) is 1. The van der Waals surface area contributed by atoms with Gasteiger partial charge in [0.2, 0.25) is 5.91 Å². The van der Waals surface area contributed by atoms with E-state index >= 15 is 0 Å². The van der Waals surface area contributed by atoms with E-state index < -0.39 is 18.3 Å². The molecule has 2 aromatic carbocycles. The molecular formula is C25H27FN2O4. The van der Waals surface area contributed by atoms with Gasteiger partial charge in [-0.3, -0.25) is 9.36 Å². The maximum atomic E-state index is 13.9. The van der Waals surface area contributed by atoms with Crippen LogP contribution in [-0.2, 0) is 19.6 Å². The Balaban J connectivity index is 2.00. The molecule has 3 aromatic rings. The van der Waals surface area contributed by atoms with Crippen molar-refractivity contribution in [1.29, 1.82) is 0 Å². The van der Waals surface area contributed by atoms with Gasteiger partial charge in [-0.05, 0) is 35.6 Å². The molecule has 168 valence electrons. The molecule has 3 rings (SSSR count). The number of benzene rings is 2. The Bertz CT molecular complexity index is 1180. The number of carboxylic acids is 1. The van der Waals surface area contributed by atoms with E-state index in [4.69, 9.17) is 0 Å². The first-order chi connectivity index (χ1) is 15.4. The van der Waals surface area contributed by atoms with Crippen LogP contribution in [-0.4, -0.2) is 26.1 Å². The van der Waals surface area contributed by atoms with Crippen molar-refractivity contribution in [1.82, 2.24) is 9.13 Å². The van der Waals surface area contributed by atoms with E-state index in [1.807, 2.05) is 26.0 Å². The zero-order valence-corrected chi connectivity index (χ0v) is 18.3.